The van der Waals surface area contributed by atoms with Crippen LogP contribution in [-0.2, 0) is 19.4 Å². The van der Waals surface area contributed by atoms with Gasteiger partial charge in [-0.05, 0) is 59.3 Å². The summed E-state index contributed by atoms with van der Waals surface area (Å²) in [5.74, 6) is -0.287. The summed E-state index contributed by atoms with van der Waals surface area (Å²) in [7, 11) is 0. The normalized spacial score (nSPS) is 10.8. The predicted molar refractivity (Wildman–Crippen MR) is 126 cm³/mol. The fraction of sp³-hybridized carbons (Fsp3) is 0.280. The maximum Gasteiger partial charge on any atom is 0.264 e. The van der Waals surface area contributed by atoms with Gasteiger partial charge in [-0.2, -0.15) is 0 Å². The van der Waals surface area contributed by atoms with E-state index < -0.39 is 0 Å². The van der Waals surface area contributed by atoms with Gasteiger partial charge in [-0.25, -0.2) is 0 Å². The van der Waals surface area contributed by atoms with Crippen molar-refractivity contribution in [2.75, 3.05) is 4.90 Å². The van der Waals surface area contributed by atoms with Gasteiger partial charge in [0.2, 0.25) is 5.43 Å². The van der Waals surface area contributed by atoms with Crippen molar-refractivity contribution in [2.24, 2.45) is 0 Å². The Hall–Kier alpha value is -2.66. The molecule has 0 fully saturated rings. The number of hydrogen-bond acceptors (Lipinski definition) is 2. The average molecular weight is 467 g/mol. The number of hydrogen-bond donors (Lipinski definition) is 1. The summed E-state index contributed by atoms with van der Waals surface area (Å²) in [5, 5.41) is 0. The first-order chi connectivity index (χ1) is 14.4. The highest BCUT2D eigenvalue weighted by atomic mass is 79.9. The minimum atomic E-state index is -0.287. The van der Waals surface area contributed by atoms with Gasteiger partial charge in [0, 0.05) is 11.4 Å². The van der Waals surface area contributed by atoms with E-state index in [2.05, 4.69) is 27.8 Å². The lowest BCUT2D eigenvalue weighted by Gasteiger charge is -2.28. The van der Waals surface area contributed by atoms with Crippen LogP contribution in [0.1, 0.15) is 52.3 Å². The monoisotopic (exact) mass is 466 g/mol. The minimum Gasteiger partial charge on any atom is -0.361 e. The number of H-pyrrole nitrogens is 1. The van der Waals surface area contributed by atoms with Gasteiger partial charge in [0.15, 0.2) is 0 Å². The summed E-state index contributed by atoms with van der Waals surface area (Å²) in [4.78, 5) is 32.0. The lowest BCUT2D eigenvalue weighted by molar-refractivity contribution is 0.0982. The Balaban J connectivity index is 2.21. The van der Waals surface area contributed by atoms with Crippen LogP contribution in [0.4, 0.5) is 5.69 Å². The summed E-state index contributed by atoms with van der Waals surface area (Å²) >= 11 is 3.39. The number of aryl methyl sites for hydroxylation is 4. The van der Waals surface area contributed by atoms with Gasteiger partial charge in [0.25, 0.3) is 5.91 Å². The summed E-state index contributed by atoms with van der Waals surface area (Å²) in [5.41, 5.74) is 5.29. The molecular weight excluding hydrogens is 440 g/mol. The molecule has 0 aliphatic carbocycles. The van der Waals surface area contributed by atoms with Crippen molar-refractivity contribution in [3.8, 4) is 0 Å². The topological polar surface area (TPSA) is 53.2 Å². The number of benzene rings is 2. The molecule has 156 valence electrons. The van der Waals surface area contributed by atoms with Gasteiger partial charge in [0.05, 0.1) is 16.7 Å². The van der Waals surface area contributed by atoms with Crippen LogP contribution in [0.25, 0.3) is 0 Å². The summed E-state index contributed by atoms with van der Waals surface area (Å²) in [6, 6.07) is 15.9. The average Bonchev–Trinajstić information content (AvgIpc) is 2.75. The summed E-state index contributed by atoms with van der Waals surface area (Å²) in [6.45, 7) is 8.24. The molecular formula is C25H27BrN2O2. The quantitative estimate of drug-likeness (QED) is 0.504. The Morgan fingerprint density at radius 3 is 2.33 bits per heavy atom. The molecule has 3 aromatic rings. The van der Waals surface area contributed by atoms with Crippen molar-refractivity contribution in [3.63, 3.8) is 0 Å². The zero-order chi connectivity index (χ0) is 21.8. The largest absolute Gasteiger partial charge is 0.361 e. The minimum absolute atomic E-state index is 0.181. The van der Waals surface area contributed by atoms with E-state index in [4.69, 9.17) is 0 Å². The first-order valence-electron chi connectivity index (χ1n) is 10.2. The molecule has 30 heavy (non-hydrogen) atoms. The first kappa shape index (κ1) is 22.0. The molecule has 4 nitrogen and oxygen atoms in total. The van der Waals surface area contributed by atoms with Crippen molar-refractivity contribution in [2.45, 2.75) is 47.1 Å². The van der Waals surface area contributed by atoms with Crippen LogP contribution in [0.5, 0.6) is 0 Å². The molecule has 5 heteroatoms. The fourth-order valence-corrected chi connectivity index (χ4v) is 4.38. The number of rotatable bonds is 6. The van der Waals surface area contributed by atoms with E-state index in [1.54, 1.807) is 11.8 Å². The highest BCUT2D eigenvalue weighted by Gasteiger charge is 2.27. The van der Waals surface area contributed by atoms with Crippen LogP contribution >= 0.6 is 15.9 Å². The number of aromatic amines is 1. The maximum absolute atomic E-state index is 13.8. The van der Waals surface area contributed by atoms with Crippen LogP contribution in [0.15, 0.2) is 57.8 Å². The molecule has 2 aromatic carbocycles. The summed E-state index contributed by atoms with van der Waals surface area (Å²) in [6.07, 6.45) is 1.47. The number of pyridine rings is 1. The molecule has 0 aliphatic rings. The maximum atomic E-state index is 13.8. The Labute approximate surface area is 186 Å². The summed E-state index contributed by atoms with van der Waals surface area (Å²) < 4.78 is 0.430. The van der Waals surface area contributed by atoms with Gasteiger partial charge in [-0.15, -0.1) is 0 Å². The smallest absolute Gasteiger partial charge is 0.264 e. The number of amides is 1. The van der Waals surface area contributed by atoms with E-state index in [0.29, 0.717) is 23.1 Å². The second-order valence-electron chi connectivity index (χ2n) is 7.41. The third-order valence-electron chi connectivity index (χ3n) is 5.37. The van der Waals surface area contributed by atoms with Gasteiger partial charge in [-0.1, -0.05) is 62.4 Å². The highest BCUT2D eigenvalue weighted by Crippen LogP contribution is 2.29. The molecule has 0 unspecified atom stereocenters. The van der Waals surface area contributed by atoms with Crippen LogP contribution < -0.4 is 10.3 Å². The molecule has 1 N–H and O–H groups in total. The molecule has 1 aromatic heterocycles. The first-order valence-corrected chi connectivity index (χ1v) is 11.0. The number of aromatic nitrogens is 1. The Morgan fingerprint density at radius 1 is 1.00 bits per heavy atom. The molecule has 1 heterocycles. The Bertz CT molecular complexity index is 1120. The fourth-order valence-electron chi connectivity index (χ4n) is 3.81. The molecule has 0 saturated heterocycles. The van der Waals surface area contributed by atoms with Gasteiger partial charge < -0.3 is 9.88 Å². The molecule has 0 aliphatic heterocycles. The highest BCUT2D eigenvalue weighted by molar-refractivity contribution is 9.10. The van der Waals surface area contributed by atoms with E-state index in [-0.39, 0.29) is 16.9 Å². The van der Waals surface area contributed by atoms with Crippen molar-refractivity contribution >= 4 is 27.5 Å². The van der Waals surface area contributed by atoms with E-state index in [9.17, 15) is 9.59 Å². The molecule has 0 atom stereocenters. The van der Waals surface area contributed by atoms with Crippen molar-refractivity contribution in [1.29, 1.82) is 0 Å². The molecule has 0 spiro atoms. The Morgan fingerprint density at radius 2 is 1.70 bits per heavy atom. The van der Waals surface area contributed by atoms with E-state index in [0.717, 1.165) is 34.5 Å². The molecule has 0 bridgehead atoms. The lowest BCUT2D eigenvalue weighted by Crippen LogP contribution is -2.36. The molecule has 0 radical (unpaired) electrons. The zero-order valence-electron chi connectivity index (χ0n) is 17.9. The Kier molecular flexibility index (Phi) is 6.93. The number of nitrogens with one attached hydrogen (secondary N) is 1. The van der Waals surface area contributed by atoms with E-state index in [1.165, 1.54) is 0 Å². The van der Waals surface area contributed by atoms with Crippen molar-refractivity contribution in [3.05, 3.63) is 96.9 Å². The van der Waals surface area contributed by atoms with E-state index in [1.807, 2.05) is 62.4 Å². The lowest BCUT2D eigenvalue weighted by atomic mass is 10.0. The SMILES string of the molecule is CCc1cccc(C)c1N(Cc1ccccc1)C(=O)c1c(C)[nH]c(CC)c(Br)c1=O. The molecule has 0 saturated carbocycles. The van der Waals surface area contributed by atoms with Gasteiger partial charge in [0.1, 0.15) is 5.56 Å². The van der Waals surface area contributed by atoms with Crippen molar-refractivity contribution in [1.82, 2.24) is 4.98 Å². The van der Waals surface area contributed by atoms with Crippen LogP contribution in [0.3, 0.4) is 0 Å². The van der Waals surface area contributed by atoms with E-state index >= 15 is 0 Å². The number of anilines is 1. The molecule has 3 rings (SSSR count). The number of carbonyl (C=O) groups is 1. The second kappa shape index (κ2) is 9.43. The predicted octanol–water partition coefficient (Wildman–Crippen LogP) is 5.73. The third-order valence-corrected chi connectivity index (χ3v) is 6.21. The standard InChI is InChI=1S/C25H27BrN2O2/c1-5-19-14-10-11-16(3)23(19)28(15-18-12-8-7-9-13-18)25(30)21-17(4)27-20(6-2)22(26)24(21)29/h7-14H,5-6,15H2,1-4H3,(H,27,29). The van der Waals surface area contributed by atoms with Crippen LogP contribution in [-0.4, -0.2) is 10.9 Å². The van der Waals surface area contributed by atoms with Crippen LogP contribution in [0, 0.1) is 13.8 Å². The zero-order valence-corrected chi connectivity index (χ0v) is 19.5. The van der Waals surface area contributed by atoms with Gasteiger partial charge >= 0.3 is 0 Å². The number of halogens is 1. The number of para-hydroxylation sites is 1. The van der Waals surface area contributed by atoms with Gasteiger partial charge in [-0.3, -0.25) is 9.59 Å². The van der Waals surface area contributed by atoms with Crippen molar-refractivity contribution < 1.29 is 4.79 Å². The third kappa shape index (κ3) is 4.26. The number of nitrogens with zero attached hydrogens (tertiary/aromatic N) is 1. The molecule has 1 amide bonds. The number of carbonyl (C=O) groups excluding carboxylic acids is 1. The van der Waals surface area contributed by atoms with Crippen LogP contribution in [0.2, 0.25) is 0 Å². The second-order valence-corrected chi connectivity index (χ2v) is 8.21.